The van der Waals surface area contributed by atoms with E-state index in [4.69, 9.17) is 9.47 Å². The molecule has 0 unspecified atom stereocenters. The number of aliphatic hydroxyl groups is 1. The van der Waals surface area contributed by atoms with Crippen LogP contribution in [0.25, 0.3) is 16.7 Å². The van der Waals surface area contributed by atoms with E-state index in [0.29, 0.717) is 12.7 Å². The molecule has 2 fully saturated rings. The lowest BCUT2D eigenvalue weighted by molar-refractivity contribution is -0.0427. The molecule has 1 aromatic carbocycles. The Bertz CT molecular complexity index is 962. The molecule has 152 valence electrons. The summed E-state index contributed by atoms with van der Waals surface area (Å²) in [6.45, 7) is 3.70. The van der Waals surface area contributed by atoms with Gasteiger partial charge in [0.25, 0.3) is 0 Å². The van der Waals surface area contributed by atoms with Crippen LogP contribution >= 0.6 is 0 Å². The summed E-state index contributed by atoms with van der Waals surface area (Å²) < 4.78 is 13.0. The van der Waals surface area contributed by atoms with E-state index in [0.717, 1.165) is 61.4 Å². The molecule has 0 amide bonds. The lowest BCUT2D eigenvalue weighted by Crippen LogP contribution is -2.36. The molecule has 5 rings (SSSR count). The first-order valence-corrected chi connectivity index (χ1v) is 10.3. The van der Waals surface area contributed by atoms with Gasteiger partial charge in [-0.3, -0.25) is 0 Å². The molecule has 29 heavy (non-hydrogen) atoms. The Morgan fingerprint density at radius 2 is 1.86 bits per heavy atom. The Hall–Kier alpha value is -2.48. The van der Waals surface area contributed by atoms with Crippen LogP contribution in [-0.4, -0.2) is 58.9 Å². The van der Waals surface area contributed by atoms with Crippen molar-refractivity contribution in [3.05, 3.63) is 48.3 Å². The number of fused-ring (bicyclic) bond motifs is 1. The fraction of sp³-hybridized carbons (Fsp3) is 0.455. The molecule has 1 atom stereocenters. The number of aromatic nitrogens is 3. The second kappa shape index (κ2) is 8.10. The van der Waals surface area contributed by atoms with Crippen molar-refractivity contribution in [2.75, 3.05) is 37.8 Å². The summed E-state index contributed by atoms with van der Waals surface area (Å²) in [7, 11) is 0. The van der Waals surface area contributed by atoms with Gasteiger partial charge in [0, 0.05) is 35.9 Å². The molecule has 7 heteroatoms. The van der Waals surface area contributed by atoms with E-state index in [1.807, 2.05) is 10.7 Å². The number of hydrogen-bond donors (Lipinski definition) is 1. The third-order valence-corrected chi connectivity index (χ3v) is 5.83. The second-order valence-electron chi connectivity index (χ2n) is 7.76. The maximum atomic E-state index is 10.4. The molecule has 1 saturated heterocycles. The van der Waals surface area contributed by atoms with Crippen LogP contribution in [0.5, 0.6) is 0 Å². The average Bonchev–Trinajstić information content (AvgIpc) is 3.16. The Kier molecular flexibility index (Phi) is 5.18. The standard InChI is InChI=1S/C22H26N4O3/c27-21(15-29-20-2-1-3-20)16-12-17-14-24-26(22(17)23-13-16)19-6-4-18(5-7-19)25-8-10-28-11-9-25/h4-7,12-14,20-21,27H,1-3,8-11,15H2/t21-/m0/s1. The van der Waals surface area contributed by atoms with Gasteiger partial charge in [0.15, 0.2) is 5.65 Å². The Balaban J connectivity index is 1.32. The SMILES string of the molecule is O[C@@H](COC1CCC1)c1cnc2c(cnn2-c2ccc(N3CCOCC3)cc2)c1. The molecule has 2 aromatic heterocycles. The van der Waals surface area contributed by atoms with Crippen molar-refractivity contribution >= 4 is 16.7 Å². The smallest absolute Gasteiger partial charge is 0.162 e. The largest absolute Gasteiger partial charge is 0.386 e. The molecule has 0 radical (unpaired) electrons. The molecule has 7 nitrogen and oxygen atoms in total. The van der Waals surface area contributed by atoms with Gasteiger partial charge >= 0.3 is 0 Å². The first-order valence-electron chi connectivity index (χ1n) is 10.3. The van der Waals surface area contributed by atoms with Crippen molar-refractivity contribution in [2.24, 2.45) is 0 Å². The summed E-state index contributed by atoms with van der Waals surface area (Å²) >= 11 is 0. The van der Waals surface area contributed by atoms with Crippen LogP contribution in [0.2, 0.25) is 0 Å². The maximum Gasteiger partial charge on any atom is 0.162 e. The van der Waals surface area contributed by atoms with Gasteiger partial charge in [0.1, 0.15) is 6.10 Å². The molecule has 0 spiro atoms. The number of anilines is 1. The zero-order chi connectivity index (χ0) is 19.6. The Morgan fingerprint density at radius 1 is 1.10 bits per heavy atom. The van der Waals surface area contributed by atoms with Gasteiger partial charge in [-0.25, -0.2) is 9.67 Å². The van der Waals surface area contributed by atoms with E-state index in [-0.39, 0.29) is 0 Å². The quantitative estimate of drug-likeness (QED) is 0.693. The third kappa shape index (κ3) is 3.85. The topological polar surface area (TPSA) is 72.6 Å². The number of aliphatic hydroxyl groups excluding tert-OH is 1. The van der Waals surface area contributed by atoms with E-state index in [1.165, 1.54) is 12.1 Å². The first-order chi connectivity index (χ1) is 14.3. The van der Waals surface area contributed by atoms with Crippen molar-refractivity contribution in [3.63, 3.8) is 0 Å². The van der Waals surface area contributed by atoms with Crippen molar-refractivity contribution < 1.29 is 14.6 Å². The van der Waals surface area contributed by atoms with E-state index in [2.05, 4.69) is 39.2 Å². The molecule has 3 aromatic rings. The maximum absolute atomic E-state index is 10.4. The minimum atomic E-state index is -0.663. The fourth-order valence-corrected chi connectivity index (χ4v) is 3.80. The zero-order valence-electron chi connectivity index (χ0n) is 16.4. The monoisotopic (exact) mass is 394 g/mol. The number of ether oxygens (including phenoxy) is 2. The predicted molar refractivity (Wildman–Crippen MR) is 110 cm³/mol. The molecular weight excluding hydrogens is 368 g/mol. The Labute approximate surface area is 169 Å². The van der Waals surface area contributed by atoms with Crippen LogP contribution in [0.4, 0.5) is 5.69 Å². The van der Waals surface area contributed by atoms with E-state index >= 15 is 0 Å². The van der Waals surface area contributed by atoms with Crippen LogP contribution < -0.4 is 4.90 Å². The van der Waals surface area contributed by atoms with Crippen molar-refractivity contribution in [1.82, 2.24) is 14.8 Å². The minimum Gasteiger partial charge on any atom is -0.386 e. The summed E-state index contributed by atoms with van der Waals surface area (Å²) in [6.07, 6.45) is 6.58. The summed E-state index contributed by atoms with van der Waals surface area (Å²) in [5.74, 6) is 0. The van der Waals surface area contributed by atoms with Gasteiger partial charge in [-0.2, -0.15) is 5.10 Å². The van der Waals surface area contributed by atoms with Crippen LogP contribution in [0, 0.1) is 0 Å². The normalized spacial score (nSPS) is 18.7. The molecule has 2 aliphatic rings. The van der Waals surface area contributed by atoms with Gasteiger partial charge in [0.2, 0.25) is 0 Å². The highest BCUT2D eigenvalue weighted by atomic mass is 16.5. The summed E-state index contributed by atoms with van der Waals surface area (Å²) in [6, 6.07) is 10.3. The lowest BCUT2D eigenvalue weighted by atomic mass is 9.96. The third-order valence-electron chi connectivity index (χ3n) is 5.83. The summed E-state index contributed by atoms with van der Waals surface area (Å²) in [4.78, 5) is 6.90. The zero-order valence-corrected chi connectivity index (χ0v) is 16.4. The van der Waals surface area contributed by atoms with Crippen LogP contribution in [0.15, 0.2) is 42.7 Å². The van der Waals surface area contributed by atoms with E-state index < -0.39 is 6.10 Å². The molecule has 1 aliphatic heterocycles. The number of pyridine rings is 1. The second-order valence-corrected chi connectivity index (χ2v) is 7.76. The average molecular weight is 394 g/mol. The first kappa shape index (κ1) is 18.5. The molecule has 1 N–H and O–H groups in total. The molecule has 3 heterocycles. The van der Waals surface area contributed by atoms with Gasteiger partial charge in [-0.1, -0.05) is 0 Å². The van der Waals surface area contributed by atoms with E-state index in [9.17, 15) is 5.11 Å². The van der Waals surface area contributed by atoms with Gasteiger partial charge in [-0.15, -0.1) is 0 Å². The lowest BCUT2D eigenvalue weighted by Gasteiger charge is -2.28. The molecule has 1 saturated carbocycles. The van der Waals surface area contributed by atoms with Gasteiger partial charge < -0.3 is 19.5 Å². The number of benzene rings is 1. The van der Waals surface area contributed by atoms with Crippen molar-refractivity contribution in [3.8, 4) is 5.69 Å². The highest BCUT2D eigenvalue weighted by molar-refractivity contribution is 5.77. The molecule has 0 bridgehead atoms. The van der Waals surface area contributed by atoms with Gasteiger partial charge in [-0.05, 0) is 49.6 Å². The highest BCUT2D eigenvalue weighted by Crippen LogP contribution is 2.26. The highest BCUT2D eigenvalue weighted by Gasteiger charge is 2.20. The van der Waals surface area contributed by atoms with Crippen molar-refractivity contribution in [1.29, 1.82) is 0 Å². The molecular formula is C22H26N4O3. The van der Waals surface area contributed by atoms with Gasteiger partial charge in [0.05, 0.1) is 37.8 Å². The van der Waals surface area contributed by atoms with Crippen LogP contribution in [0.3, 0.4) is 0 Å². The number of hydrogen-bond acceptors (Lipinski definition) is 6. The van der Waals surface area contributed by atoms with E-state index in [1.54, 1.807) is 12.4 Å². The number of rotatable bonds is 6. The van der Waals surface area contributed by atoms with Crippen LogP contribution in [-0.2, 0) is 9.47 Å². The summed E-state index contributed by atoms with van der Waals surface area (Å²) in [5.41, 5.74) is 3.70. The number of nitrogens with zero attached hydrogens (tertiary/aromatic N) is 4. The molecule has 1 aliphatic carbocycles. The van der Waals surface area contributed by atoms with Crippen LogP contribution in [0.1, 0.15) is 30.9 Å². The van der Waals surface area contributed by atoms with Crippen molar-refractivity contribution in [2.45, 2.75) is 31.5 Å². The fourth-order valence-electron chi connectivity index (χ4n) is 3.80. The predicted octanol–water partition coefficient (Wildman–Crippen LogP) is 2.86. The summed E-state index contributed by atoms with van der Waals surface area (Å²) in [5, 5.41) is 15.8. The minimum absolute atomic E-state index is 0.310. The Morgan fingerprint density at radius 3 is 2.59 bits per heavy atom. The number of morpholine rings is 1.